The van der Waals surface area contributed by atoms with Gasteiger partial charge in [0.15, 0.2) is 0 Å². The van der Waals surface area contributed by atoms with Gasteiger partial charge in [0.05, 0.1) is 23.9 Å². The number of nitrogens with one attached hydrogen (secondary N) is 2. The minimum atomic E-state index is -4.71. The number of ether oxygens (including phenoxy) is 1. The third-order valence-electron chi connectivity index (χ3n) is 4.79. The number of methoxy groups -OCH3 is 1. The van der Waals surface area contributed by atoms with E-state index in [9.17, 15) is 32.7 Å². The molecular formula is C25H19F3N2O5. The average Bonchev–Trinajstić information content (AvgIpc) is 2.83. The van der Waals surface area contributed by atoms with Crippen molar-refractivity contribution in [1.29, 1.82) is 0 Å². The molecule has 7 nitrogen and oxygen atoms in total. The number of carboxylic acids is 1. The van der Waals surface area contributed by atoms with Gasteiger partial charge in [0, 0.05) is 5.56 Å². The van der Waals surface area contributed by atoms with E-state index in [4.69, 9.17) is 4.74 Å². The van der Waals surface area contributed by atoms with Crippen LogP contribution in [0.2, 0.25) is 0 Å². The zero-order valence-corrected chi connectivity index (χ0v) is 18.2. The fourth-order valence-electron chi connectivity index (χ4n) is 3.11. The van der Waals surface area contributed by atoms with Gasteiger partial charge in [-0.15, -0.1) is 0 Å². The Kier molecular flexibility index (Phi) is 7.55. The molecule has 0 bridgehead atoms. The molecule has 0 fully saturated rings. The number of rotatable bonds is 7. The zero-order valence-electron chi connectivity index (χ0n) is 18.2. The summed E-state index contributed by atoms with van der Waals surface area (Å²) in [6.07, 6.45) is -3.82. The normalized spacial score (nSPS) is 11.5. The topological polar surface area (TPSA) is 105 Å². The van der Waals surface area contributed by atoms with Crippen LogP contribution < -0.4 is 15.4 Å². The van der Waals surface area contributed by atoms with Crippen molar-refractivity contribution in [1.82, 2.24) is 5.32 Å². The Morgan fingerprint density at radius 3 is 2.20 bits per heavy atom. The number of alkyl halides is 3. The number of amides is 2. The predicted molar refractivity (Wildman–Crippen MR) is 122 cm³/mol. The molecule has 0 aliphatic rings. The lowest BCUT2D eigenvalue weighted by Gasteiger charge is -2.15. The predicted octanol–water partition coefficient (Wildman–Crippen LogP) is 4.82. The first-order valence-electron chi connectivity index (χ1n) is 10.1. The summed E-state index contributed by atoms with van der Waals surface area (Å²) in [4.78, 5) is 37.1. The maximum atomic E-state index is 13.5. The fraction of sp³-hybridized carbons (Fsp3) is 0.0800. The van der Waals surface area contributed by atoms with Crippen LogP contribution in [0.25, 0.3) is 6.08 Å². The van der Waals surface area contributed by atoms with Gasteiger partial charge in [-0.1, -0.05) is 36.4 Å². The van der Waals surface area contributed by atoms with Crippen LogP contribution in [0.3, 0.4) is 0 Å². The summed E-state index contributed by atoms with van der Waals surface area (Å²) >= 11 is 0. The number of carboxylic acid groups (broad SMARTS) is 1. The lowest BCUT2D eigenvalue weighted by Crippen LogP contribution is -2.31. The van der Waals surface area contributed by atoms with Crippen LogP contribution >= 0.6 is 0 Å². The van der Waals surface area contributed by atoms with E-state index in [1.807, 2.05) is 0 Å². The van der Waals surface area contributed by atoms with E-state index in [1.54, 1.807) is 18.2 Å². The van der Waals surface area contributed by atoms with E-state index in [0.717, 1.165) is 24.3 Å². The molecule has 3 aromatic rings. The molecule has 10 heteroatoms. The number of aromatic carboxylic acids is 1. The summed E-state index contributed by atoms with van der Waals surface area (Å²) in [5.74, 6) is -2.89. The average molecular weight is 484 g/mol. The number of hydrogen-bond donors (Lipinski definition) is 3. The van der Waals surface area contributed by atoms with Crippen molar-refractivity contribution in [2.75, 3.05) is 12.4 Å². The molecule has 0 saturated heterocycles. The first-order chi connectivity index (χ1) is 16.6. The summed E-state index contributed by atoms with van der Waals surface area (Å²) in [6, 6.07) is 16.0. The van der Waals surface area contributed by atoms with Gasteiger partial charge < -0.3 is 20.5 Å². The Hall–Kier alpha value is -4.60. The Bertz CT molecular complexity index is 1290. The van der Waals surface area contributed by atoms with E-state index in [0.29, 0.717) is 0 Å². The minimum Gasteiger partial charge on any atom is -0.495 e. The molecule has 0 heterocycles. The van der Waals surface area contributed by atoms with Crippen molar-refractivity contribution >= 4 is 29.5 Å². The zero-order chi connectivity index (χ0) is 25.6. The van der Waals surface area contributed by atoms with Crippen LogP contribution in [0.5, 0.6) is 5.75 Å². The lowest BCUT2D eigenvalue weighted by atomic mass is 10.1. The van der Waals surface area contributed by atoms with Crippen molar-refractivity contribution < 1.29 is 37.4 Å². The van der Waals surface area contributed by atoms with Gasteiger partial charge >= 0.3 is 12.1 Å². The van der Waals surface area contributed by atoms with Crippen molar-refractivity contribution in [2.24, 2.45) is 0 Å². The van der Waals surface area contributed by atoms with Gasteiger partial charge in [-0.3, -0.25) is 9.59 Å². The first-order valence-corrected chi connectivity index (χ1v) is 10.1. The van der Waals surface area contributed by atoms with Crippen LogP contribution in [-0.2, 0) is 11.0 Å². The van der Waals surface area contributed by atoms with E-state index in [1.165, 1.54) is 43.5 Å². The second kappa shape index (κ2) is 10.6. The van der Waals surface area contributed by atoms with Crippen molar-refractivity contribution in [3.63, 3.8) is 0 Å². The van der Waals surface area contributed by atoms with Crippen molar-refractivity contribution in [3.8, 4) is 5.75 Å². The summed E-state index contributed by atoms with van der Waals surface area (Å²) in [6.45, 7) is 0. The Morgan fingerprint density at radius 2 is 1.57 bits per heavy atom. The highest BCUT2D eigenvalue weighted by atomic mass is 19.4. The quantitative estimate of drug-likeness (QED) is 0.417. The Morgan fingerprint density at radius 1 is 0.914 bits per heavy atom. The molecule has 0 unspecified atom stereocenters. The van der Waals surface area contributed by atoms with Crippen molar-refractivity contribution in [2.45, 2.75) is 6.18 Å². The van der Waals surface area contributed by atoms with E-state index in [2.05, 4.69) is 10.6 Å². The summed E-state index contributed by atoms with van der Waals surface area (Å²) < 4.78 is 45.6. The summed E-state index contributed by atoms with van der Waals surface area (Å²) in [5, 5.41) is 14.0. The smallest absolute Gasteiger partial charge is 0.416 e. The van der Waals surface area contributed by atoms with Gasteiger partial charge in [0.1, 0.15) is 11.4 Å². The molecule has 3 N–H and O–H groups in total. The van der Waals surface area contributed by atoms with Gasteiger partial charge in [0.25, 0.3) is 11.8 Å². The molecule has 0 spiro atoms. The number of anilines is 1. The third-order valence-corrected chi connectivity index (χ3v) is 4.79. The molecule has 3 rings (SSSR count). The maximum Gasteiger partial charge on any atom is 0.416 e. The van der Waals surface area contributed by atoms with Crippen LogP contribution in [0.15, 0.2) is 78.5 Å². The first kappa shape index (κ1) is 25.0. The molecule has 3 aromatic carbocycles. The molecule has 0 radical (unpaired) electrons. The Labute approximate surface area is 197 Å². The monoisotopic (exact) mass is 484 g/mol. The highest BCUT2D eigenvalue weighted by Gasteiger charge is 2.33. The van der Waals surface area contributed by atoms with Gasteiger partial charge in [-0.25, -0.2) is 4.79 Å². The molecule has 35 heavy (non-hydrogen) atoms. The molecule has 0 aromatic heterocycles. The number of carbonyl (C=O) groups is 3. The molecule has 2 amide bonds. The van der Waals surface area contributed by atoms with E-state index >= 15 is 0 Å². The molecule has 0 atom stereocenters. The van der Waals surface area contributed by atoms with Crippen LogP contribution in [0.1, 0.15) is 31.8 Å². The third kappa shape index (κ3) is 6.26. The lowest BCUT2D eigenvalue weighted by molar-refractivity contribution is -0.137. The number of halogens is 3. The number of hydrogen-bond acceptors (Lipinski definition) is 4. The van der Waals surface area contributed by atoms with Crippen LogP contribution in [0.4, 0.5) is 18.9 Å². The van der Waals surface area contributed by atoms with Gasteiger partial charge in [-0.05, 0) is 48.0 Å². The van der Waals surface area contributed by atoms with Gasteiger partial charge in [-0.2, -0.15) is 13.2 Å². The summed E-state index contributed by atoms with van der Waals surface area (Å²) in [5.41, 5.74) is -1.92. The van der Waals surface area contributed by atoms with E-state index in [-0.39, 0.29) is 28.1 Å². The van der Waals surface area contributed by atoms with Gasteiger partial charge in [0.2, 0.25) is 0 Å². The second-order valence-corrected chi connectivity index (χ2v) is 7.14. The van der Waals surface area contributed by atoms with E-state index < -0.39 is 35.2 Å². The SMILES string of the molecule is COc1ccc(C(=O)O)cc1NC(=O)/C(=C/c1ccccc1C(F)(F)F)NC(=O)c1ccccc1. The van der Waals surface area contributed by atoms with Crippen molar-refractivity contribution in [3.05, 3.63) is 101 Å². The largest absolute Gasteiger partial charge is 0.495 e. The second-order valence-electron chi connectivity index (χ2n) is 7.14. The highest BCUT2D eigenvalue weighted by Crippen LogP contribution is 2.33. The van der Waals surface area contributed by atoms with Crippen LogP contribution in [-0.4, -0.2) is 30.0 Å². The molecule has 0 aliphatic heterocycles. The molecule has 0 saturated carbocycles. The molecular weight excluding hydrogens is 465 g/mol. The minimum absolute atomic E-state index is 0.0543. The summed E-state index contributed by atoms with van der Waals surface area (Å²) in [7, 11) is 1.29. The maximum absolute atomic E-state index is 13.5. The Balaban J connectivity index is 2.05. The fourth-order valence-corrected chi connectivity index (χ4v) is 3.11. The molecule has 180 valence electrons. The molecule has 0 aliphatic carbocycles. The highest BCUT2D eigenvalue weighted by molar-refractivity contribution is 6.11. The van der Waals surface area contributed by atoms with Crippen LogP contribution in [0, 0.1) is 0 Å². The standard InChI is InChI=1S/C25H19F3N2O5/c1-35-21-12-11-17(24(33)34)14-19(21)29-23(32)20(30-22(31)15-7-3-2-4-8-15)13-16-9-5-6-10-18(16)25(26,27)28/h2-14H,1H3,(H,29,32)(H,30,31)(H,33,34)/b20-13-. The number of benzene rings is 3. The number of carbonyl (C=O) groups excluding carboxylic acids is 2.